The van der Waals surface area contributed by atoms with Crippen molar-refractivity contribution in [2.45, 2.75) is 17.7 Å². The van der Waals surface area contributed by atoms with Crippen LogP contribution in [-0.2, 0) is 16.6 Å². The lowest BCUT2D eigenvalue weighted by Gasteiger charge is -2.12. The SMILES string of the molecule is Cc1cc(-c2csc(S(=O)(=O)NCc3ccc(N(C)C)cc3)c2)on1. The van der Waals surface area contributed by atoms with Gasteiger partial charge in [0.05, 0.1) is 5.69 Å². The number of nitrogens with one attached hydrogen (secondary N) is 1. The van der Waals surface area contributed by atoms with Crippen LogP contribution in [0, 0.1) is 6.92 Å². The van der Waals surface area contributed by atoms with Crippen LogP contribution in [0.2, 0.25) is 0 Å². The summed E-state index contributed by atoms with van der Waals surface area (Å²) in [6, 6.07) is 11.1. The summed E-state index contributed by atoms with van der Waals surface area (Å²) >= 11 is 1.16. The quantitative estimate of drug-likeness (QED) is 0.714. The summed E-state index contributed by atoms with van der Waals surface area (Å²) in [7, 11) is 0.352. The van der Waals surface area contributed by atoms with E-state index in [1.165, 1.54) is 0 Å². The van der Waals surface area contributed by atoms with Crippen LogP contribution in [0.5, 0.6) is 0 Å². The molecular formula is C17H19N3O3S2. The van der Waals surface area contributed by atoms with E-state index < -0.39 is 10.0 Å². The number of benzene rings is 1. The van der Waals surface area contributed by atoms with E-state index in [0.29, 0.717) is 11.3 Å². The maximum absolute atomic E-state index is 12.5. The highest BCUT2D eigenvalue weighted by Gasteiger charge is 2.18. The number of nitrogens with zero attached hydrogens (tertiary/aromatic N) is 2. The van der Waals surface area contributed by atoms with Crippen molar-refractivity contribution in [3.8, 4) is 11.3 Å². The highest BCUT2D eigenvalue weighted by atomic mass is 32.2. The van der Waals surface area contributed by atoms with Crippen LogP contribution in [0.1, 0.15) is 11.3 Å². The van der Waals surface area contributed by atoms with E-state index in [1.807, 2.05) is 50.2 Å². The molecule has 0 unspecified atom stereocenters. The first-order chi connectivity index (χ1) is 11.8. The van der Waals surface area contributed by atoms with Gasteiger partial charge in [-0.05, 0) is 30.7 Å². The molecule has 0 aliphatic rings. The number of aryl methyl sites for hydroxylation is 1. The molecule has 0 fully saturated rings. The van der Waals surface area contributed by atoms with Crippen molar-refractivity contribution < 1.29 is 12.9 Å². The van der Waals surface area contributed by atoms with Gasteiger partial charge in [0.1, 0.15) is 4.21 Å². The molecule has 3 rings (SSSR count). The van der Waals surface area contributed by atoms with Gasteiger partial charge in [-0.2, -0.15) is 0 Å². The second kappa shape index (κ2) is 6.99. The summed E-state index contributed by atoms with van der Waals surface area (Å²) in [6.07, 6.45) is 0. The summed E-state index contributed by atoms with van der Waals surface area (Å²) in [4.78, 5) is 1.99. The smallest absolute Gasteiger partial charge is 0.250 e. The Morgan fingerprint density at radius 1 is 1.20 bits per heavy atom. The molecule has 0 saturated heterocycles. The Balaban J connectivity index is 1.70. The first-order valence-electron chi connectivity index (χ1n) is 7.63. The van der Waals surface area contributed by atoms with Gasteiger partial charge in [0.25, 0.3) is 0 Å². The molecule has 0 spiro atoms. The molecule has 0 radical (unpaired) electrons. The number of aromatic nitrogens is 1. The number of sulfonamides is 1. The first kappa shape index (κ1) is 17.7. The molecule has 0 saturated carbocycles. The van der Waals surface area contributed by atoms with Crippen molar-refractivity contribution in [3.05, 3.63) is 53.0 Å². The van der Waals surface area contributed by atoms with Crippen molar-refractivity contribution in [3.63, 3.8) is 0 Å². The Hall–Kier alpha value is -2.16. The Labute approximate surface area is 151 Å². The third kappa shape index (κ3) is 4.09. The third-order valence-corrected chi connectivity index (χ3v) is 6.51. The zero-order valence-electron chi connectivity index (χ0n) is 14.2. The maximum atomic E-state index is 12.5. The number of thiophene rings is 1. The van der Waals surface area contributed by atoms with Crippen molar-refractivity contribution >= 4 is 27.0 Å². The van der Waals surface area contributed by atoms with E-state index in [0.717, 1.165) is 28.3 Å². The van der Waals surface area contributed by atoms with Crippen LogP contribution >= 0.6 is 11.3 Å². The molecule has 0 aliphatic carbocycles. The molecule has 0 amide bonds. The monoisotopic (exact) mass is 377 g/mol. The van der Waals surface area contributed by atoms with Crippen LogP contribution in [0.25, 0.3) is 11.3 Å². The lowest BCUT2D eigenvalue weighted by Crippen LogP contribution is -2.22. The van der Waals surface area contributed by atoms with Gasteiger partial charge in [-0.15, -0.1) is 11.3 Å². The Bertz CT molecular complexity index is 957. The standard InChI is InChI=1S/C17H19N3O3S2/c1-12-8-16(23-19-12)14-9-17(24-11-14)25(21,22)18-10-13-4-6-15(7-5-13)20(2)3/h4-9,11,18H,10H2,1-3H3. The van der Waals surface area contributed by atoms with Crippen LogP contribution in [0.3, 0.4) is 0 Å². The molecule has 2 aromatic heterocycles. The second-order valence-electron chi connectivity index (χ2n) is 5.87. The fourth-order valence-electron chi connectivity index (χ4n) is 2.25. The molecule has 1 aromatic carbocycles. The van der Waals surface area contributed by atoms with Crippen LogP contribution in [0.15, 0.2) is 50.5 Å². The normalized spacial score (nSPS) is 11.6. The largest absolute Gasteiger partial charge is 0.378 e. The van der Waals surface area contributed by atoms with Crippen molar-refractivity contribution in [2.24, 2.45) is 0 Å². The zero-order chi connectivity index (χ0) is 18.0. The van der Waals surface area contributed by atoms with Gasteiger partial charge in [0.2, 0.25) is 10.0 Å². The average molecular weight is 377 g/mol. The Kier molecular flexibility index (Phi) is 4.94. The molecule has 0 atom stereocenters. The van der Waals surface area contributed by atoms with E-state index >= 15 is 0 Å². The topological polar surface area (TPSA) is 75.4 Å². The highest BCUT2D eigenvalue weighted by Crippen LogP contribution is 2.29. The lowest BCUT2D eigenvalue weighted by molar-refractivity contribution is 0.427. The minimum atomic E-state index is -3.57. The van der Waals surface area contributed by atoms with E-state index in [4.69, 9.17) is 4.52 Å². The van der Waals surface area contributed by atoms with Gasteiger partial charge in [-0.25, -0.2) is 13.1 Å². The van der Waals surface area contributed by atoms with Gasteiger partial charge in [0, 0.05) is 43.3 Å². The van der Waals surface area contributed by atoms with Crippen molar-refractivity contribution in [2.75, 3.05) is 19.0 Å². The molecule has 2 heterocycles. The summed E-state index contributed by atoms with van der Waals surface area (Å²) in [6.45, 7) is 2.06. The van der Waals surface area contributed by atoms with E-state index in [-0.39, 0.29) is 10.8 Å². The maximum Gasteiger partial charge on any atom is 0.250 e. The Morgan fingerprint density at radius 3 is 2.52 bits per heavy atom. The predicted octanol–water partition coefficient (Wildman–Crippen LogP) is 3.26. The number of hydrogen-bond acceptors (Lipinski definition) is 6. The van der Waals surface area contributed by atoms with Gasteiger partial charge in [-0.3, -0.25) is 0 Å². The minimum Gasteiger partial charge on any atom is -0.378 e. The van der Waals surface area contributed by atoms with Crippen molar-refractivity contribution in [1.29, 1.82) is 0 Å². The Morgan fingerprint density at radius 2 is 1.92 bits per heavy atom. The highest BCUT2D eigenvalue weighted by molar-refractivity contribution is 7.91. The molecule has 6 nitrogen and oxygen atoms in total. The minimum absolute atomic E-state index is 0.241. The van der Waals surface area contributed by atoms with Gasteiger partial charge < -0.3 is 9.42 Å². The van der Waals surface area contributed by atoms with Crippen LogP contribution in [-0.4, -0.2) is 27.7 Å². The van der Waals surface area contributed by atoms with E-state index in [9.17, 15) is 8.42 Å². The van der Waals surface area contributed by atoms with E-state index in [2.05, 4.69) is 9.88 Å². The van der Waals surface area contributed by atoms with Crippen molar-refractivity contribution in [1.82, 2.24) is 9.88 Å². The van der Waals surface area contributed by atoms with Gasteiger partial charge >= 0.3 is 0 Å². The summed E-state index contributed by atoms with van der Waals surface area (Å²) in [5.41, 5.74) is 3.43. The lowest BCUT2D eigenvalue weighted by atomic mass is 10.2. The molecule has 8 heteroatoms. The molecule has 3 aromatic rings. The molecule has 0 bridgehead atoms. The number of anilines is 1. The third-order valence-electron chi connectivity index (χ3n) is 3.67. The molecule has 25 heavy (non-hydrogen) atoms. The average Bonchev–Trinajstić information content (AvgIpc) is 3.22. The summed E-state index contributed by atoms with van der Waals surface area (Å²) in [5.74, 6) is 0.564. The van der Waals surface area contributed by atoms with Crippen LogP contribution in [0.4, 0.5) is 5.69 Å². The molecule has 132 valence electrons. The van der Waals surface area contributed by atoms with Crippen LogP contribution < -0.4 is 9.62 Å². The summed E-state index contributed by atoms with van der Waals surface area (Å²) < 4.78 is 33.0. The van der Waals surface area contributed by atoms with Gasteiger partial charge in [0.15, 0.2) is 5.76 Å². The molecule has 0 aliphatic heterocycles. The van der Waals surface area contributed by atoms with E-state index in [1.54, 1.807) is 17.5 Å². The zero-order valence-corrected chi connectivity index (χ0v) is 15.8. The molecular weight excluding hydrogens is 358 g/mol. The summed E-state index contributed by atoms with van der Waals surface area (Å²) in [5, 5.41) is 5.57. The number of hydrogen-bond donors (Lipinski definition) is 1. The number of rotatable bonds is 6. The predicted molar refractivity (Wildman–Crippen MR) is 99.3 cm³/mol. The fourth-order valence-corrected chi connectivity index (χ4v) is 4.48. The fraction of sp³-hybridized carbons (Fsp3) is 0.235. The first-order valence-corrected chi connectivity index (χ1v) is 9.99. The second-order valence-corrected chi connectivity index (χ2v) is 8.78. The van der Waals surface area contributed by atoms with Gasteiger partial charge in [-0.1, -0.05) is 17.3 Å². The molecule has 1 N–H and O–H groups in total.